The molecule has 1 aliphatic heterocycles. The van der Waals surface area contributed by atoms with Crippen molar-refractivity contribution in [2.75, 3.05) is 13.2 Å². The topological polar surface area (TPSA) is 73.9 Å². The van der Waals surface area contributed by atoms with Gasteiger partial charge in [-0.15, -0.1) is 8.78 Å². The number of amides is 1. The molecule has 0 aromatic heterocycles. The molecule has 1 amide bonds. The Morgan fingerprint density at radius 2 is 2.00 bits per heavy atom. The fourth-order valence-corrected chi connectivity index (χ4v) is 1.90. The van der Waals surface area contributed by atoms with Crippen molar-refractivity contribution in [1.29, 1.82) is 0 Å². The summed E-state index contributed by atoms with van der Waals surface area (Å²) in [5, 5.41) is 2.54. The number of carbonyl (C=O) groups is 2. The number of nitrogens with one attached hydrogen (secondary N) is 1. The number of fused-ring (bicyclic) bond motifs is 1. The molecule has 0 atom stereocenters. The minimum atomic E-state index is -3.64. The summed E-state index contributed by atoms with van der Waals surface area (Å²) in [6.45, 7) is 2.13. The second-order valence-corrected chi connectivity index (χ2v) is 4.53. The van der Waals surface area contributed by atoms with Crippen LogP contribution in [0.3, 0.4) is 0 Å². The molecule has 6 nitrogen and oxygen atoms in total. The zero-order valence-corrected chi connectivity index (χ0v) is 11.9. The Balaban J connectivity index is 1.79. The van der Waals surface area contributed by atoms with E-state index in [1.165, 1.54) is 12.1 Å². The normalized spacial score (nSPS) is 14.5. The van der Waals surface area contributed by atoms with Crippen molar-refractivity contribution in [1.82, 2.24) is 5.32 Å². The van der Waals surface area contributed by atoms with Gasteiger partial charge in [-0.3, -0.25) is 9.59 Å². The van der Waals surface area contributed by atoms with Crippen molar-refractivity contribution < 1.29 is 32.6 Å². The molecule has 1 N–H and O–H groups in total. The van der Waals surface area contributed by atoms with Gasteiger partial charge in [0.1, 0.15) is 6.42 Å². The number of benzene rings is 1. The number of carbonyl (C=O) groups excluding carboxylic acids is 2. The molecule has 1 aliphatic rings. The molecule has 1 aromatic carbocycles. The standard InChI is InChI=1S/C14H15F2NO5/c1-2-20-13(19)8-12(18)17-6-5-9-3-4-10-11(7-9)22-14(15,16)21-10/h3-4,7H,2,5-6,8H2,1H3,(H,17,18). The van der Waals surface area contributed by atoms with Crippen LogP contribution in [0.1, 0.15) is 18.9 Å². The molecule has 0 radical (unpaired) electrons. The van der Waals surface area contributed by atoms with E-state index in [1.807, 2.05) is 0 Å². The van der Waals surface area contributed by atoms with Crippen LogP contribution in [-0.2, 0) is 20.7 Å². The van der Waals surface area contributed by atoms with Crippen molar-refractivity contribution in [3.05, 3.63) is 23.8 Å². The summed E-state index contributed by atoms with van der Waals surface area (Å²) in [6.07, 6.45) is -3.59. The van der Waals surface area contributed by atoms with Gasteiger partial charge in [-0.1, -0.05) is 6.07 Å². The van der Waals surface area contributed by atoms with Crippen LogP contribution in [0.4, 0.5) is 8.78 Å². The van der Waals surface area contributed by atoms with Crippen LogP contribution < -0.4 is 14.8 Å². The third-order valence-corrected chi connectivity index (χ3v) is 2.81. The summed E-state index contributed by atoms with van der Waals surface area (Å²) in [6, 6.07) is 4.40. The molecular weight excluding hydrogens is 300 g/mol. The zero-order valence-electron chi connectivity index (χ0n) is 11.9. The highest BCUT2D eigenvalue weighted by molar-refractivity contribution is 5.94. The van der Waals surface area contributed by atoms with Crippen LogP contribution in [0.5, 0.6) is 11.5 Å². The SMILES string of the molecule is CCOC(=O)CC(=O)NCCc1ccc2c(c1)OC(F)(F)O2. The summed E-state index contributed by atoms with van der Waals surface area (Å²) in [5.74, 6) is -1.11. The van der Waals surface area contributed by atoms with E-state index in [0.717, 1.165) is 0 Å². The maximum absolute atomic E-state index is 12.9. The molecule has 120 valence electrons. The molecule has 1 heterocycles. The molecular formula is C14H15F2NO5. The number of ether oxygens (including phenoxy) is 3. The Morgan fingerprint density at radius 3 is 2.73 bits per heavy atom. The number of rotatable bonds is 6. The van der Waals surface area contributed by atoms with Crippen molar-refractivity contribution in [2.45, 2.75) is 26.1 Å². The van der Waals surface area contributed by atoms with Gasteiger partial charge in [0.25, 0.3) is 0 Å². The fourth-order valence-electron chi connectivity index (χ4n) is 1.90. The van der Waals surface area contributed by atoms with Gasteiger partial charge in [0.2, 0.25) is 5.91 Å². The van der Waals surface area contributed by atoms with Crippen LogP contribution in [0.25, 0.3) is 0 Å². The number of halogens is 2. The summed E-state index contributed by atoms with van der Waals surface area (Å²) in [4.78, 5) is 22.5. The predicted molar refractivity (Wildman–Crippen MR) is 70.6 cm³/mol. The summed E-state index contributed by atoms with van der Waals surface area (Å²) in [7, 11) is 0. The maximum atomic E-state index is 12.9. The van der Waals surface area contributed by atoms with Gasteiger partial charge >= 0.3 is 12.3 Å². The lowest BCUT2D eigenvalue weighted by Crippen LogP contribution is -2.28. The van der Waals surface area contributed by atoms with Gasteiger partial charge in [-0.2, -0.15) is 0 Å². The Kier molecular flexibility index (Phi) is 4.79. The molecule has 0 spiro atoms. The molecule has 1 aromatic rings. The van der Waals surface area contributed by atoms with Crippen molar-refractivity contribution in [3.8, 4) is 11.5 Å². The van der Waals surface area contributed by atoms with E-state index >= 15 is 0 Å². The molecule has 2 rings (SSSR count). The summed E-state index contributed by atoms with van der Waals surface area (Å²) >= 11 is 0. The number of esters is 1. The Bertz CT molecular complexity index is 576. The van der Waals surface area contributed by atoms with Gasteiger partial charge < -0.3 is 19.5 Å². The Labute approximate surface area is 125 Å². The first-order valence-corrected chi connectivity index (χ1v) is 6.70. The van der Waals surface area contributed by atoms with E-state index in [2.05, 4.69) is 19.5 Å². The molecule has 0 aliphatic carbocycles. The average molecular weight is 315 g/mol. The van der Waals surface area contributed by atoms with E-state index in [0.29, 0.717) is 12.0 Å². The van der Waals surface area contributed by atoms with Crippen LogP contribution in [-0.4, -0.2) is 31.3 Å². The first kappa shape index (κ1) is 16.0. The predicted octanol–water partition coefficient (Wildman–Crippen LogP) is 1.62. The number of hydrogen-bond acceptors (Lipinski definition) is 5. The number of alkyl halides is 2. The van der Waals surface area contributed by atoms with E-state index in [-0.39, 0.29) is 31.1 Å². The monoisotopic (exact) mass is 315 g/mol. The van der Waals surface area contributed by atoms with Crippen molar-refractivity contribution in [2.24, 2.45) is 0 Å². The second kappa shape index (κ2) is 6.59. The molecule has 0 unspecified atom stereocenters. The summed E-state index contributed by atoms with van der Waals surface area (Å²) < 4.78 is 39.0. The smallest absolute Gasteiger partial charge is 0.466 e. The van der Waals surface area contributed by atoms with Crippen LogP contribution >= 0.6 is 0 Å². The highest BCUT2D eigenvalue weighted by atomic mass is 19.3. The fraction of sp³-hybridized carbons (Fsp3) is 0.429. The van der Waals surface area contributed by atoms with Crippen molar-refractivity contribution >= 4 is 11.9 Å². The zero-order chi connectivity index (χ0) is 16.2. The maximum Gasteiger partial charge on any atom is 0.586 e. The van der Waals surface area contributed by atoms with Gasteiger partial charge in [0.05, 0.1) is 6.61 Å². The molecule has 0 saturated heterocycles. The van der Waals surface area contributed by atoms with E-state index in [1.54, 1.807) is 13.0 Å². The van der Waals surface area contributed by atoms with Crippen LogP contribution in [0.15, 0.2) is 18.2 Å². The molecule has 0 saturated carbocycles. The Morgan fingerprint density at radius 1 is 1.27 bits per heavy atom. The third-order valence-electron chi connectivity index (χ3n) is 2.81. The highest BCUT2D eigenvalue weighted by Crippen LogP contribution is 2.41. The van der Waals surface area contributed by atoms with Gasteiger partial charge in [-0.25, -0.2) is 0 Å². The van der Waals surface area contributed by atoms with Crippen molar-refractivity contribution in [3.63, 3.8) is 0 Å². The molecule has 8 heteroatoms. The van der Waals surface area contributed by atoms with E-state index < -0.39 is 18.2 Å². The Hall–Kier alpha value is -2.38. The average Bonchev–Trinajstić information content (AvgIpc) is 2.72. The highest BCUT2D eigenvalue weighted by Gasteiger charge is 2.43. The number of hydrogen-bond donors (Lipinski definition) is 1. The summed E-state index contributed by atoms with van der Waals surface area (Å²) in [5.41, 5.74) is 0.691. The lowest BCUT2D eigenvalue weighted by Gasteiger charge is -2.06. The van der Waals surface area contributed by atoms with Crippen LogP contribution in [0, 0.1) is 0 Å². The first-order valence-electron chi connectivity index (χ1n) is 6.70. The largest absolute Gasteiger partial charge is 0.586 e. The minimum Gasteiger partial charge on any atom is -0.466 e. The molecule has 0 fully saturated rings. The quantitative estimate of drug-likeness (QED) is 0.638. The second-order valence-electron chi connectivity index (χ2n) is 4.53. The van der Waals surface area contributed by atoms with Gasteiger partial charge in [-0.05, 0) is 31.0 Å². The molecule has 0 bridgehead atoms. The lowest BCUT2D eigenvalue weighted by atomic mass is 10.1. The van der Waals surface area contributed by atoms with Crippen LogP contribution in [0.2, 0.25) is 0 Å². The van der Waals surface area contributed by atoms with Gasteiger partial charge in [0.15, 0.2) is 11.5 Å². The molecule has 22 heavy (non-hydrogen) atoms. The lowest BCUT2D eigenvalue weighted by molar-refractivity contribution is -0.286. The third kappa shape index (κ3) is 4.31. The first-order chi connectivity index (χ1) is 10.4. The van der Waals surface area contributed by atoms with E-state index in [9.17, 15) is 18.4 Å². The minimum absolute atomic E-state index is 0.0277. The van der Waals surface area contributed by atoms with E-state index in [4.69, 9.17) is 0 Å². The van der Waals surface area contributed by atoms with Gasteiger partial charge in [0, 0.05) is 6.54 Å².